The van der Waals surface area contributed by atoms with E-state index in [-0.39, 0.29) is 30.8 Å². The average molecular weight is 440 g/mol. The number of aryl methyl sites for hydroxylation is 2. The second-order valence-corrected chi connectivity index (χ2v) is 8.51. The van der Waals surface area contributed by atoms with Crippen LogP contribution in [-0.4, -0.2) is 24.3 Å². The average Bonchev–Trinajstić information content (AvgIpc) is 2.77. The summed E-state index contributed by atoms with van der Waals surface area (Å²) in [6.07, 6.45) is 0.973. The van der Waals surface area contributed by atoms with Crippen LogP contribution in [0.15, 0.2) is 42.5 Å². The highest BCUT2D eigenvalue weighted by Gasteiger charge is 2.17. The lowest BCUT2D eigenvalue weighted by Crippen LogP contribution is -2.44. The SMILES string of the molecule is CCC(C)(C)c1ccc(OCC(=O)NNC(=O)CCC(=O)Nc2cc(C)ccc2C)cc1. The summed E-state index contributed by atoms with van der Waals surface area (Å²) in [5, 5.41) is 2.80. The maximum atomic E-state index is 12.1. The molecule has 0 aliphatic rings. The predicted octanol–water partition coefficient (Wildman–Crippen LogP) is 3.94. The zero-order valence-electron chi connectivity index (χ0n) is 19.5. The van der Waals surface area contributed by atoms with Gasteiger partial charge in [0.25, 0.3) is 5.91 Å². The van der Waals surface area contributed by atoms with Gasteiger partial charge in [-0.3, -0.25) is 25.2 Å². The van der Waals surface area contributed by atoms with Gasteiger partial charge in [-0.25, -0.2) is 0 Å². The Morgan fingerprint density at radius 3 is 2.16 bits per heavy atom. The lowest BCUT2D eigenvalue weighted by molar-refractivity contribution is -0.130. The number of amides is 3. The van der Waals surface area contributed by atoms with Crippen molar-refractivity contribution >= 4 is 23.4 Å². The van der Waals surface area contributed by atoms with Crippen LogP contribution in [0.2, 0.25) is 0 Å². The van der Waals surface area contributed by atoms with E-state index in [4.69, 9.17) is 4.74 Å². The van der Waals surface area contributed by atoms with Gasteiger partial charge in [-0.15, -0.1) is 0 Å². The van der Waals surface area contributed by atoms with Gasteiger partial charge in [-0.2, -0.15) is 0 Å². The highest BCUT2D eigenvalue weighted by Crippen LogP contribution is 2.28. The lowest BCUT2D eigenvalue weighted by Gasteiger charge is -2.23. The number of carbonyl (C=O) groups is 3. The van der Waals surface area contributed by atoms with E-state index in [1.165, 1.54) is 5.56 Å². The quantitative estimate of drug-likeness (QED) is 0.516. The number of ether oxygens (including phenoxy) is 1. The minimum absolute atomic E-state index is 0.00599. The van der Waals surface area contributed by atoms with Crippen molar-refractivity contribution in [3.63, 3.8) is 0 Å². The molecule has 2 aromatic carbocycles. The minimum atomic E-state index is -0.490. The molecule has 0 atom stereocenters. The van der Waals surface area contributed by atoms with Gasteiger partial charge in [0.15, 0.2) is 6.61 Å². The Kier molecular flexibility index (Phi) is 8.81. The normalized spacial score (nSPS) is 10.9. The number of hydrogen-bond acceptors (Lipinski definition) is 4. The summed E-state index contributed by atoms with van der Waals surface area (Å²) < 4.78 is 5.46. The van der Waals surface area contributed by atoms with E-state index in [2.05, 4.69) is 36.9 Å². The first kappa shape index (κ1) is 24.9. The van der Waals surface area contributed by atoms with Crippen LogP contribution in [0.3, 0.4) is 0 Å². The minimum Gasteiger partial charge on any atom is -0.484 e. The number of hydrogen-bond donors (Lipinski definition) is 3. The molecule has 0 bridgehead atoms. The molecule has 0 aliphatic heterocycles. The van der Waals surface area contributed by atoms with Crippen LogP contribution in [0.5, 0.6) is 5.75 Å². The third-order valence-electron chi connectivity index (χ3n) is 5.48. The third-order valence-corrected chi connectivity index (χ3v) is 5.48. The molecule has 0 saturated heterocycles. The molecule has 32 heavy (non-hydrogen) atoms. The van der Waals surface area contributed by atoms with Crippen LogP contribution in [0, 0.1) is 13.8 Å². The standard InChI is InChI=1S/C25H33N3O4/c1-6-25(4,5)19-9-11-20(12-10-19)32-16-24(31)28-27-23(30)14-13-22(29)26-21-15-17(2)7-8-18(21)3/h7-12,15H,6,13-14,16H2,1-5H3,(H,26,29)(H,27,30)(H,28,31). The maximum absolute atomic E-state index is 12.1. The van der Waals surface area contributed by atoms with Crippen LogP contribution in [0.25, 0.3) is 0 Å². The fraction of sp³-hybridized carbons (Fsp3) is 0.400. The Morgan fingerprint density at radius 2 is 1.50 bits per heavy atom. The van der Waals surface area contributed by atoms with E-state index in [0.717, 1.165) is 23.2 Å². The van der Waals surface area contributed by atoms with E-state index in [0.29, 0.717) is 5.75 Å². The highest BCUT2D eigenvalue weighted by molar-refractivity contribution is 5.94. The van der Waals surface area contributed by atoms with E-state index in [1.807, 2.05) is 56.3 Å². The van der Waals surface area contributed by atoms with E-state index < -0.39 is 11.8 Å². The zero-order chi connectivity index (χ0) is 23.7. The van der Waals surface area contributed by atoms with Gasteiger partial charge in [0.05, 0.1) is 0 Å². The van der Waals surface area contributed by atoms with Gasteiger partial charge in [0.2, 0.25) is 11.8 Å². The largest absolute Gasteiger partial charge is 0.484 e. The topological polar surface area (TPSA) is 96.5 Å². The first-order chi connectivity index (χ1) is 15.1. The molecule has 7 heteroatoms. The Labute approximate surface area is 189 Å². The number of benzene rings is 2. The molecule has 0 saturated carbocycles. The maximum Gasteiger partial charge on any atom is 0.276 e. The van der Waals surface area contributed by atoms with Crippen LogP contribution < -0.4 is 20.9 Å². The fourth-order valence-electron chi connectivity index (χ4n) is 2.90. The van der Waals surface area contributed by atoms with Crippen molar-refractivity contribution in [2.24, 2.45) is 0 Å². The van der Waals surface area contributed by atoms with Crippen molar-refractivity contribution in [2.45, 2.75) is 59.3 Å². The molecule has 0 heterocycles. The summed E-state index contributed by atoms with van der Waals surface area (Å²) in [5.74, 6) is -0.639. The summed E-state index contributed by atoms with van der Waals surface area (Å²) >= 11 is 0. The van der Waals surface area contributed by atoms with Gasteiger partial charge >= 0.3 is 0 Å². The molecule has 7 nitrogen and oxygen atoms in total. The molecule has 2 rings (SSSR count). The molecule has 172 valence electrons. The summed E-state index contributed by atoms with van der Waals surface area (Å²) in [5.41, 5.74) is 8.58. The molecule has 0 radical (unpaired) electrons. The van der Waals surface area contributed by atoms with Gasteiger partial charge in [0, 0.05) is 18.5 Å². The van der Waals surface area contributed by atoms with Crippen molar-refractivity contribution in [1.29, 1.82) is 0 Å². The number of anilines is 1. The molecular formula is C25H33N3O4. The Morgan fingerprint density at radius 1 is 0.875 bits per heavy atom. The van der Waals surface area contributed by atoms with Crippen LogP contribution in [-0.2, 0) is 19.8 Å². The molecule has 2 aromatic rings. The Hall–Kier alpha value is -3.35. The first-order valence-corrected chi connectivity index (χ1v) is 10.8. The molecule has 3 amide bonds. The zero-order valence-corrected chi connectivity index (χ0v) is 19.5. The molecule has 0 aliphatic carbocycles. The summed E-state index contributed by atoms with van der Waals surface area (Å²) in [6.45, 7) is 10.1. The number of rotatable bonds is 9. The van der Waals surface area contributed by atoms with Gasteiger partial charge in [0.1, 0.15) is 5.75 Å². The fourth-order valence-corrected chi connectivity index (χ4v) is 2.90. The van der Waals surface area contributed by atoms with Crippen molar-refractivity contribution in [1.82, 2.24) is 10.9 Å². The molecule has 3 N–H and O–H groups in total. The van der Waals surface area contributed by atoms with Gasteiger partial charge in [-0.05, 0) is 60.6 Å². The Balaban J connectivity index is 1.68. The first-order valence-electron chi connectivity index (χ1n) is 10.8. The van der Waals surface area contributed by atoms with Crippen molar-refractivity contribution < 1.29 is 19.1 Å². The molecule has 0 aromatic heterocycles. The molecule has 0 spiro atoms. The van der Waals surface area contributed by atoms with Gasteiger partial charge in [-0.1, -0.05) is 45.0 Å². The summed E-state index contributed by atoms with van der Waals surface area (Å²) in [7, 11) is 0. The molecular weight excluding hydrogens is 406 g/mol. The number of hydrazine groups is 1. The molecule has 0 fully saturated rings. The second-order valence-electron chi connectivity index (χ2n) is 8.51. The van der Waals surface area contributed by atoms with Crippen molar-refractivity contribution in [3.8, 4) is 5.75 Å². The van der Waals surface area contributed by atoms with E-state index in [9.17, 15) is 14.4 Å². The van der Waals surface area contributed by atoms with Crippen molar-refractivity contribution in [2.75, 3.05) is 11.9 Å². The summed E-state index contributed by atoms with van der Waals surface area (Å²) in [6, 6.07) is 13.4. The Bertz CT molecular complexity index is 952. The van der Waals surface area contributed by atoms with Crippen molar-refractivity contribution in [3.05, 3.63) is 59.2 Å². The number of nitrogens with one attached hydrogen (secondary N) is 3. The van der Waals surface area contributed by atoms with E-state index >= 15 is 0 Å². The summed E-state index contributed by atoms with van der Waals surface area (Å²) in [4.78, 5) is 35.9. The van der Waals surface area contributed by atoms with Crippen LogP contribution in [0.1, 0.15) is 56.7 Å². The highest BCUT2D eigenvalue weighted by atomic mass is 16.5. The smallest absolute Gasteiger partial charge is 0.276 e. The van der Waals surface area contributed by atoms with E-state index in [1.54, 1.807) is 0 Å². The second kappa shape index (κ2) is 11.3. The van der Waals surface area contributed by atoms with Crippen LogP contribution >= 0.6 is 0 Å². The molecule has 0 unspecified atom stereocenters. The lowest BCUT2D eigenvalue weighted by atomic mass is 9.82. The van der Waals surface area contributed by atoms with Gasteiger partial charge < -0.3 is 10.1 Å². The third kappa shape index (κ3) is 7.72. The number of carbonyl (C=O) groups excluding carboxylic acids is 3. The predicted molar refractivity (Wildman–Crippen MR) is 125 cm³/mol. The monoisotopic (exact) mass is 439 g/mol. The van der Waals surface area contributed by atoms with Crippen LogP contribution in [0.4, 0.5) is 5.69 Å².